The van der Waals surface area contributed by atoms with Crippen molar-refractivity contribution in [3.8, 4) is 0 Å². The maximum absolute atomic E-state index is 12.5. The molecular formula is C14H18Cl2N2O. The molecule has 0 spiro atoms. The van der Waals surface area contributed by atoms with Crippen molar-refractivity contribution in [2.45, 2.75) is 13.3 Å². The average molecular weight is 301 g/mol. The number of rotatable bonds is 2. The van der Waals surface area contributed by atoms with Gasteiger partial charge in [0.05, 0.1) is 15.6 Å². The highest BCUT2D eigenvalue weighted by molar-refractivity contribution is 6.43. The smallest absolute Gasteiger partial charge is 0.255 e. The molecule has 1 aliphatic rings. The summed E-state index contributed by atoms with van der Waals surface area (Å²) in [5.74, 6) is 0.859. The third kappa shape index (κ3) is 3.04. The van der Waals surface area contributed by atoms with Crippen LogP contribution in [-0.2, 0) is 0 Å². The SMILES string of the molecule is CC1CCN(C(=O)c2cccc(Cl)c2Cl)CC1CN. The summed E-state index contributed by atoms with van der Waals surface area (Å²) in [5, 5.41) is 0.741. The lowest BCUT2D eigenvalue weighted by atomic mass is 9.87. The quantitative estimate of drug-likeness (QED) is 0.912. The topological polar surface area (TPSA) is 46.3 Å². The molecule has 0 bridgehead atoms. The second-order valence-corrected chi connectivity index (χ2v) is 5.90. The summed E-state index contributed by atoms with van der Waals surface area (Å²) in [6, 6.07) is 5.14. The second-order valence-electron chi connectivity index (χ2n) is 5.11. The first kappa shape index (κ1) is 14.6. The Kier molecular flexibility index (Phi) is 4.71. The van der Waals surface area contributed by atoms with Crippen LogP contribution >= 0.6 is 23.2 Å². The Morgan fingerprint density at radius 2 is 2.21 bits per heavy atom. The molecule has 104 valence electrons. The van der Waals surface area contributed by atoms with Crippen molar-refractivity contribution in [1.29, 1.82) is 0 Å². The molecule has 1 aromatic carbocycles. The minimum absolute atomic E-state index is 0.0575. The van der Waals surface area contributed by atoms with E-state index in [2.05, 4.69) is 6.92 Å². The van der Waals surface area contributed by atoms with Crippen LogP contribution in [0.1, 0.15) is 23.7 Å². The first-order chi connectivity index (χ1) is 9.04. The van der Waals surface area contributed by atoms with Gasteiger partial charge >= 0.3 is 0 Å². The number of carbonyl (C=O) groups is 1. The Hall–Kier alpha value is -0.770. The molecule has 0 saturated carbocycles. The van der Waals surface area contributed by atoms with Gasteiger partial charge < -0.3 is 10.6 Å². The van der Waals surface area contributed by atoms with Crippen LogP contribution in [0.3, 0.4) is 0 Å². The molecule has 0 radical (unpaired) electrons. The highest BCUT2D eigenvalue weighted by Crippen LogP contribution is 2.29. The van der Waals surface area contributed by atoms with Gasteiger partial charge in [-0.2, -0.15) is 0 Å². The van der Waals surface area contributed by atoms with Crippen molar-refractivity contribution in [1.82, 2.24) is 4.90 Å². The van der Waals surface area contributed by atoms with Crippen molar-refractivity contribution >= 4 is 29.1 Å². The number of benzene rings is 1. The number of amides is 1. The Labute approximate surface area is 123 Å². The largest absolute Gasteiger partial charge is 0.338 e. The van der Waals surface area contributed by atoms with Crippen molar-refractivity contribution in [2.24, 2.45) is 17.6 Å². The fourth-order valence-electron chi connectivity index (χ4n) is 2.48. The Morgan fingerprint density at radius 3 is 2.89 bits per heavy atom. The van der Waals surface area contributed by atoms with Crippen molar-refractivity contribution in [3.05, 3.63) is 33.8 Å². The lowest BCUT2D eigenvalue weighted by molar-refractivity contribution is 0.0618. The van der Waals surface area contributed by atoms with Gasteiger partial charge in [0.2, 0.25) is 0 Å². The summed E-state index contributed by atoms with van der Waals surface area (Å²) in [6.45, 7) is 4.23. The van der Waals surface area contributed by atoms with E-state index in [0.717, 1.165) is 13.0 Å². The third-order valence-electron chi connectivity index (χ3n) is 3.89. The van der Waals surface area contributed by atoms with Gasteiger partial charge in [0.1, 0.15) is 0 Å². The van der Waals surface area contributed by atoms with Crippen molar-refractivity contribution < 1.29 is 4.79 Å². The molecule has 1 aliphatic heterocycles. The monoisotopic (exact) mass is 300 g/mol. The van der Waals surface area contributed by atoms with Gasteiger partial charge in [-0.05, 0) is 36.9 Å². The zero-order valence-corrected chi connectivity index (χ0v) is 12.4. The first-order valence-corrected chi connectivity index (χ1v) is 7.23. The molecule has 1 heterocycles. The van der Waals surface area contributed by atoms with Gasteiger partial charge in [0.15, 0.2) is 0 Å². The normalized spacial score (nSPS) is 23.5. The zero-order chi connectivity index (χ0) is 14.0. The van der Waals surface area contributed by atoms with Crippen LogP contribution < -0.4 is 5.73 Å². The van der Waals surface area contributed by atoms with Crippen LogP contribution in [0.5, 0.6) is 0 Å². The zero-order valence-electron chi connectivity index (χ0n) is 10.9. The maximum atomic E-state index is 12.5. The molecule has 1 amide bonds. The van der Waals surface area contributed by atoms with Crippen molar-refractivity contribution in [2.75, 3.05) is 19.6 Å². The van der Waals surface area contributed by atoms with Crippen LogP contribution in [0.15, 0.2) is 18.2 Å². The maximum Gasteiger partial charge on any atom is 0.255 e. The summed E-state index contributed by atoms with van der Waals surface area (Å²) >= 11 is 12.1. The summed E-state index contributed by atoms with van der Waals surface area (Å²) in [4.78, 5) is 14.3. The number of likely N-dealkylation sites (tertiary alicyclic amines) is 1. The molecule has 3 nitrogen and oxygen atoms in total. The van der Waals surface area contributed by atoms with E-state index in [1.54, 1.807) is 18.2 Å². The average Bonchev–Trinajstić information content (AvgIpc) is 2.41. The first-order valence-electron chi connectivity index (χ1n) is 6.48. The highest BCUT2D eigenvalue weighted by atomic mass is 35.5. The number of hydrogen-bond donors (Lipinski definition) is 1. The summed E-state index contributed by atoms with van der Waals surface area (Å²) in [7, 11) is 0. The summed E-state index contributed by atoms with van der Waals surface area (Å²) < 4.78 is 0. The molecular weight excluding hydrogens is 283 g/mol. The van der Waals surface area contributed by atoms with Gasteiger partial charge in [0, 0.05) is 13.1 Å². The van der Waals surface area contributed by atoms with Crippen LogP contribution in [0.25, 0.3) is 0 Å². The highest BCUT2D eigenvalue weighted by Gasteiger charge is 2.29. The van der Waals surface area contributed by atoms with Gasteiger partial charge in [-0.1, -0.05) is 36.2 Å². The molecule has 0 aliphatic carbocycles. The van der Waals surface area contributed by atoms with E-state index in [4.69, 9.17) is 28.9 Å². The van der Waals surface area contributed by atoms with E-state index in [-0.39, 0.29) is 5.91 Å². The predicted molar refractivity (Wildman–Crippen MR) is 78.7 cm³/mol. The lowest BCUT2D eigenvalue weighted by Crippen LogP contribution is -2.45. The molecule has 2 N–H and O–H groups in total. The summed E-state index contributed by atoms with van der Waals surface area (Å²) in [5.41, 5.74) is 6.24. The Bertz CT molecular complexity index is 479. The number of hydrogen-bond acceptors (Lipinski definition) is 2. The third-order valence-corrected chi connectivity index (χ3v) is 4.70. The Balaban J connectivity index is 2.18. The number of halogens is 2. The molecule has 19 heavy (non-hydrogen) atoms. The molecule has 1 aromatic rings. The van der Waals surface area contributed by atoms with E-state index in [0.29, 0.717) is 40.5 Å². The predicted octanol–water partition coefficient (Wildman–Crippen LogP) is 3.05. The molecule has 2 atom stereocenters. The molecule has 1 fully saturated rings. The fraction of sp³-hybridized carbons (Fsp3) is 0.500. The number of nitrogens with two attached hydrogens (primary N) is 1. The van der Waals surface area contributed by atoms with E-state index < -0.39 is 0 Å². The fourth-order valence-corrected chi connectivity index (χ4v) is 2.86. The van der Waals surface area contributed by atoms with Crippen LogP contribution in [0.2, 0.25) is 10.0 Å². The minimum Gasteiger partial charge on any atom is -0.338 e. The van der Waals surface area contributed by atoms with Crippen LogP contribution in [0.4, 0.5) is 0 Å². The minimum atomic E-state index is -0.0575. The van der Waals surface area contributed by atoms with E-state index in [9.17, 15) is 4.79 Å². The van der Waals surface area contributed by atoms with E-state index >= 15 is 0 Å². The van der Waals surface area contributed by atoms with E-state index in [1.807, 2.05) is 4.90 Å². The second kappa shape index (κ2) is 6.12. The Morgan fingerprint density at radius 1 is 1.47 bits per heavy atom. The van der Waals surface area contributed by atoms with Crippen LogP contribution in [-0.4, -0.2) is 30.4 Å². The van der Waals surface area contributed by atoms with Crippen molar-refractivity contribution in [3.63, 3.8) is 0 Å². The van der Waals surface area contributed by atoms with Gasteiger partial charge in [-0.25, -0.2) is 0 Å². The lowest BCUT2D eigenvalue weighted by Gasteiger charge is -2.36. The van der Waals surface area contributed by atoms with Gasteiger partial charge in [0.25, 0.3) is 5.91 Å². The van der Waals surface area contributed by atoms with Gasteiger partial charge in [-0.3, -0.25) is 4.79 Å². The number of piperidine rings is 1. The number of nitrogens with zero attached hydrogens (tertiary/aromatic N) is 1. The number of carbonyl (C=O) groups excluding carboxylic acids is 1. The summed E-state index contributed by atoms with van der Waals surface area (Å²) in [6.07, 6.45) is 0.978. The standard InChI is InChI=1S/C14H18Cl2N2O/c1-9-5-6-18(8-10(9)7-17)14(19)11-3-2-4-12(15)13(11)16/h2-4,9-10H,5-8,17H2,1H3. The van der Waals surface area contributed by atoms with Crippen LogP contribution in [0, 0.1) is 11.8 Å². The molecule has 2 rings (SSSR count). The van der Waals surface area contributed by atoms with Gasteiger partial charge in [-0.15, -0.1) is 0 Å². The molecule has 1 saturated heterocycles. The molecule has 5 heteroatoms. The van der Waals surface area contributed by atoms with E-state index in [1.165, 1.54) is 0 Å². The molecule has 0 aromatic heterocycles. The molecule has 2 unspecified atom stereocenters.